The van der Waals surface area contributed by atoms with Gasteiger partial charge in [0.15, 0.2) is 0 Å². The second-order valence-corrected chi connectivity index (χ2v) is 6.43. The molecule has 2 rings (SSSR count). The summed E-state index contributed by atoms with van der Waals surface area (Å²) >= 11 is 0. The molecule has 2 N–H and O–H groups in total. The molecule has 2 aliphatic rings. The molecular weight excluding hydrogens is 266 g/mol. The normalized spacial score (nSPS) is 20.2. The van der Waals surface area contributed by atoms with Gasteiger partial charge in [-0.15, -0.1) is 0 Å². The molecule has 0 spiro atoms. The van der Waals surface area contributed by atoms with Crippen molar-refractivity contribution in [3.05, 3.63) is 0 Å². The van der Waals surface area contributed by atoms with Crippen LogP contribution in [0.25, 0.3) is 0 Å². The molecule has 5 nitrogen and oxygen atoms in total. The molecule has 5 heteroatoms. The van der Waals surface area contributed by atoms with E-state index >= 15 is 0 Å². The van der Waals surface area contributed by atoms with Crippen molar-refractivity contribution in [1.29, 1.82) is 0 Å². The predicted octanol–water partition coefficient (Wildman–Crippen LogP) is 2.41. The van der Waals surface area contributed by atoms with E-state index in [0.29, 0.717) is 25.0 Å². The molecule has 0 aromatic carbocycles. The van der Waals surface area contributed by atoms with Crippen molar-refractivity contribution in [3.8, 4) is 0 Å². The summed E-state index contributed by atoms with van der Waals surface area (Å²) in [6.07, 6.45) is 10.9. The van der Waals surface area contributed by atoms with Gasteiger partial charge in [-0.3, -0.25) is 4.79 Å². The Bertz CT molecular complexity index is 347. The Labute approximate surface area is 127 Å². The third kappa shape index (κ3) is 5.21. The van der Waals surface area contributed by atoms with Crippen molar-refractivity contribution in [1.82, 2.24) is 15.5 Å². The lowest BCUT2D eigenvalue weighted by Crippen LogP contribution is -2.45. The van der Waals surface area contributed by atoms with E-state index in [1.807, 2.05) is 11.9 Å². The molecular formula is C16H29N3O2. The number of nitrogens with zero attached hydrogens (tertiary/aromatic N) is 1. The highest BCUT2D eigenvalue weighted by Crippen LogP contribution is 2.21. The highest BCUT2D eigenvalue weighted by atomic mass is 16.2. The highest BCUT2D eigenvalue weighted by Gasteiger charge is 2.22. The molecule has 0 bridgehead atoms. The van der Waals surface area contributed by atoms with Crippen molar-refractivity contribution < 1.29 is 9.59 Å². The van der Waals surface area contributed by atoms with E-state index in [1.165, 1.54) is 32.1 Å². The highest BCUT2D eigenvalue weighted by molar-refractivity contribution is 5.78. The lowest BCUT2D eigenvalue weighted by atomic mass is 9.95. The Hall–Kier alpha value is -1.26. The predicted molar refractivity (Wildman–Crippen MR) is 83.1 cm³/mol. The Morgan fingerprint density at radius 3 is 2.29 bits per heavy atom. The Morgan fingerprint density at radius 1 is 1.00 bits per heavy atom. The molecule has 21 heavy (non-hydrogen) atoms. The van der Waals surface area contributed by atoms with E-state index in [-0.39, 0.29) is 11.9 Å². The van der Waals surface area contributed by atoms with Gasteiger partial charge in [-0.2, -0.15) is 0 Å². The summed E-state index contributed by atoms with van der Waals surface area (Å²) < 4.78 is 0. The number of hydrogen-bond donors (Lipinski definition) is 2. The first kappa shape index (κ1) is 16.1. The Morgan fingerprint density at radius 2 is 1.62 bits per heavy atom. The van der Waals surface area contributed by atoms with Crippen molar-refractivity contribution >= 4 is 11.9 Å². The second kappa shape index (κ2) is 8.25. The van der Waals surface area contributed by atoms with Crippen LogP contribution >= 0.6 is 0 Å². The fraction of sp³-hybridized carbons (Fsp3) is 0.875. The van der Waals surface area contributed by atoms with Gasteiger partial charge in [-0.05, 0) is 25.7 Å². The van der Waals surface area contributed by atoms with E-state index < -0.39 is 0 Å². The molecule has 2 aliphatic carbocycles. The monoisotopic (exact) mass is 295 g/mol. The molecule has 3 amide bonds. The van der Waals surface area contributed by atoms with Crippen molar-refractivity contribution in [2.45, 2.75) is 76.3 Å². The van der Waals surface area contributed by atoms with E-state index in [4.69, 9.17) is 0 Å². The van der Waals surface area contributed by atoms with Crippen LogP contribution in [-0.2, 0) is 4.79 Å². The molecule has 0 aromatic rings. The Kier molecular flexibility index (Phi) is 6.33. The van der Waals surface area contributed by atoms with Crippen LogP contribution in [0, 0.1) is 0 Å². The summed E-state index contributed by atoms with van der Waals surface area (Å²) in [6.45, 7) is 0.425. The van der Waals surface area contributed by atoms with E-state index in [0.717, 1.165) is 25.7 Å². The van der Waals surface area contributed by atoms with Crippen LogP contribution in [0.1, 0.15) is 64.2 Å². The molecule has 2 saturated carbocycles. The molecule has 0 radical (unpaired) electrons. The zero-order valence-corrected chi connectivity index (χ0v) is 13.2. The smallest absolute Gasteiger partial charge is 0.317 e. The quantitative estimate of drug-likeness (QED) is 0.818. The zero-order chi connectivity index (χ0) is 15.1. The summed E-state index contributed by atoms with van der Waals surface area (Å²) in [6, 6.07) is 0.680. The largest absolute Gasteiger partial charge is 0.353 e. The molecule has 0 aromatic heterocycles. The first-order valence-corrected chi connectivity index (χ1v) is 8.47. The lowest BCUT2D eigenvalue weighted by Gasteiger charge is -2.31. The number of rotatable bonds is 5. The number of amides is 3. The number of carbonyl (C=O) groups excluding carboxylic acids is 2. The van der Waals surface area contributed by atoms with Gasteiger partial charge >= 0.3 is 6.03 Å². The topological polar surface area (TPSA) is 61.4 Å². The average Bonchev–Trinajstić information content (AvgIpc) is 3.00. The van der Waals surface area contributed by atoms with E-state index in [1.54, 1.807) is 0 Å². The lowest BCUT2D eigenvalue weighted by molar-refractivity contribution is -0.121. The maximum Gasteiger partial charge on any atom is 0.317 e. The molecule has 0 atom stereocenters. The molecule has 0 saturated heterocycles. The summed E-state index contributed by atoms with van der Waals surface area (Å²) in [5.74, 6) is 0.0579. The molecule has 2 fully saturated rings. The van der Waals surface area contributed by atoms with Crippen LogP contribution in [0.3, 0.4) is 0 Å². The van der Waals surface area contributed by atoms with Crippen molar-refractivity contribution in [3.63, 3.8) is 0 Å². The zero-order valence-electron chi connectivity index (χ0n) is 13.2. The van der Waals surface area contributed by atoms with Crippen LogP contribution in [-0.4, -0.2) is 42.5 Å². The van der Waals surface area contributed by atoms with Crippen molar-refractivity contribution in [2.75, 3.05) is 13.6 Å². The second-order valence-electron chi connectivity index (χ2n) is 6.43. The minimum atomic E-state index is -0.0458. The van der Waals surface area contributed by atoms with Crippen LogP contribution in [0.15, 0.2) is 0 Å². The summed E-state index contributed by atoms with van der Waals surface area (Å²) in [5, 5.41) is 5.90. The SMILES string of the molecule is CN(C(=O)NCCC(=O)NC1CCCC1)C1CCCCC1. The van der Waals surface area contributed by atoms with Gasteiger partial charge < -0.3 is 15.5 Å². The summed E-state index contributed by atoms with van der Waals surface area (Å²) in [7, 11) is 1.86. The number of hydrogen-bond acceptors (Lipinski definition) is 2. The third-order valence-corrected chi connectivity index (χ3v) is 4.79. The van der Waals surface area contributed by atoms with Gasteiger partial charge in [0.05, 0.1) is 0 Å². The number of carbonyl (C=O) groups is 2. The first-order chi connectivity index (χ1) is 10.2. The maximum atomic E-state index is 12.1. The summed E-state index contributed by atoms with van der Waals surface area (Å²) in [4.78, 5) is 25.6. The minimum absolute atomic E-state index is 0.0458. The van der Waals surface area contributed by atoms with Crippen LogP contribution in [0.5, 0.6) is 0 Å². The number of urea groups is 1. The molecule has 0 aliphatic heterocycles. The van der Waals surface area contributed by atoms with E-state index in [9.17, 15) is 9.59 Å². The van der Waals surface area contributed by atoms with Gasteiger partial charge in [-0.1, -0.05) is 32.1 Å². The van der Waals surface area contributed by atoms with Gasteiger partial charge in [0.2, 0.25) is 5.91 Å². The third-order valence-electron chi connectivity index (χ3n) is 4.79. The first-order valence-electron chi connectivity index (χ1n) is 8.47. The molecule has 0 heterocycles. The van der Waals surface area contributed by atoms with Crippen LogP contribution in [0.4, 0.5) is 4.79 Å². The van der Waals surface area contributed by atoms with Gasteiger partial charge in [0.1, 0.15) is 0 Å². The maximum absolute atomic E-state index is 12.1. The van der Waals surface area contributed by atoms with Gasteiger partial charge in [-0.25, -0.2) is 4.79 Å². The number of nitrogens with one attached hydrogen (secondary N) is 2. The van der Waals surface area contributed by atoms with Crippen molar-refractivity contribution in [2.24, 2.45) is 0 Å². The van der Waals surface area contributed by atoms with Crippen LogP contribution < -0.4 is 10.6 Å². The molecule has 0 unspecified atom stereocenters. The Balaban J connectivity index is 1.60. The van der Waals surface area contributed by atoms with Gasteiger partial charge in [0, 0.05) is 32.1 Å². The fourth-order valence-corrected chi connectivity index (χ4v) is 3.41. The standard InChI is InChI=1S/C16H29N3O2/c1-19(14-9-3-2-4-10-14)16(21)17-12-11-15(20)18-13-7-5-6-8-13/h13-14H,2-12H2,1H3,(H,17,21)(H,18,20). The fourth-order valence-electron chi connectivity index (χ4n) is 3.41. The molecule has 120 valence electrons. The minimum Gasteiger partial charge on any atom is -0.353 e. The van der Waals surface area contributed by atoms with Gasteiger partial charge in [0.25, 0.3) is 0 Å². The average molecular weight is 295 g/mol. The summed E-state index contributed by atoms with van der Waals surface area (Å²) in [5.41, 5.74) is 0. The van der Waals surface area contributed by atoms with E-state index in [2.05, 4.69) is 10.6 Å². The van der Waals surface area contributed by atoms with Crippen LogP contribution in [0.2, 0.25) is 0 Å².